The Morgan fingerprint density at radius 2 is 1.95 bits per heavy atom. The summed E-state index contributed by atoms with van der Waals surface area (Å²) in [5, 5.41) is 3.04. The van der Waals surface area contributed by atoms with E-state index in [0.29, 0.717) is 6.54 Å². The lowest BCUT2D eigenvalue weighted by molar-refractivity contribution is -0.127. The predicted octanol–water partition coefficient (Wildman–Crippen LogP) is 3.27. The number of hydrogen-bond acceptors (Lipinski definition) is 2. The number of hydrogen-bond donors (Lipinski definition) is 2. The summed E-state index contributed by atoms with van der Waals surface area (Å²) in [4.78, 5) is 12.9. The normalized spacial score (nSPS) is 17.5. The average Bonchev–Trinajstić information content (AvgIpc) is 3.03. The van der Waals surface area contributed by atoms with Gasteiger partial charge in [0.25, 0.3) is 0 Å². The van der Waals surface area contributed by atoms with E-state index in [-0.39, 0.29) is 17.3 Å². The van der Waals surface area contributed by atoms with E-state index in [1.54, 1.807) is 6.07 Å². The maximum atomic E-state index is 13.6. The molecule has 3 nitrogen and oxygen atoms in total. The molecule has 1 saturated carbocycles. The molecule has 0 radical (unpaired) electrons. The molecule has 0 heterocycles. The molecule has 1 aliphatic carbocycles. The third-order valence-corrected chi connectivity index (χ3v) is 5.28. The number of nitrogens with two attached hydrogens (primary N) is 1. The Labute approximate surface area is 132 Å². The number of carbonyl (C=O) groups is 1. The van der Waals surface area contributed by atoms with Gasteiger partial charge in [-0.05, 0) is 43.4 Å². The highest BCUT2D eigenvalue weighted by atomic mass is 19.1. The van der Waals surface area contributed by atoms with Gasteiger partial charge >= 0.3 is 0 Å². The lowest BCUT2D eigenvalue weighted by Crippen LogP contribution is -2.53. The molecule has 1 fully saturated rings. The third-order valence-electron chi connectivity index (χ3n) is 5.28. The number of amides is 1. The molecular weight excluding hydrogens is 279 g/mol. The number of halogens is 1. The summed E-state index contributed by atoms with van der Waals surface area (Å²) in [6.45, 7) is 4.54. The number of carbonyl (C=O) groups excluding carboxylic acids is 1. The van der Waals surface area contributed by atoms with Gasteiger partial charge in [-0.3, -0.25) is 4.79 Å². The van der Waals surface area contributed by atoms with Crippen LogP contribution in [0.4, 0.5) is 4.39 Å². The second kappa shape index (κ2) is 6.78. The minimum atomic E-state index is -0.593. The van der Waals surface area contributed by atoms with Crippen molar-refractivity contribution in [1.82, 2.24) is 5.32 Å². The molecule has 1 aromatic rings. The van der Waals surface area contributed by atoms with E-state index in [1.165, 1.54) is 12.1 Å². The molecule has 22 heavy (non-hydrogen) atoms. The molecule has 1 aliphatic rings. The zero-order valence-electron chi connectivity index (χ0n) is 13.6. The molecule has 0 saturated heterocycles. The first-order valence-corrected chi connectivity index (χ1v) is 8.29. The fourth-order valence-electron chi connectivity index (χ4n) is 3.34. The largest absolute Gasteiger partial charge is 0.353 e. The van der Waals surface area contributed by atoms with Crippen LogP contribution >= 0.6 is 0 Å². The minimum absolute atomic E-state index is 0.00711. The highest BCUT2D eigenvalue weighted by molar-refractivity contribution is 5.88. The fraction of sp³-hybridized carbons (Fsp3) is 0.611. The quantitative estimate of drug-likeness (QED) is 0.847. The van der Waals surface area contributed by atoms with Crippen molar-refractivity contribution < 1.29 is 9.18 Å². The minimum Gasteiger partial charge on any atom is -0.353 e. The monoisotopic (exact) mass is 306 g/mol. The Hall–Kier alpha value is -1.42. The van der Waals surface area contributed by atoms with Crippen molar-refractivity contribution in [1.29, 1.82) is 0 Å². The van der Waals surface area contributed by atoms with Gasteiger partial charge in [-0.15, -0.1) is 0 Å². The topological polar surface area (TPSA) is 55.1 Å². The summed E-state index contributed by atoms with van der Waals surface area (Å²) < 4.78 is 13.6. The number of benzene rings is 1. The molecule has 0 bridgehead atoms. The van der Waals surface area contributed by atoms with E-state index in [4.69, 9.17) is 5.73 Å². The Kier molecular flexibility index (Phi) is 5.22. The van der Waals surface area contributed by atoms with Gasteiger partial charge in [-0.2, -0.15) is 0 Å². The molecule has 0 unspecified atom stereocenters. The van der Waals surface area contributed by atoms with Crippen LogP contribution in [0.2, 0.25) is 0 Å². The van der Waals surface area contributed by atoms with Gasteiger partial charge in [0, 0.05) is 12.1 Å². The van der Waals surface area contributed by atoms with Crippen molar-refractivity contribution in [3.63, 3.8) is 0 Å². The fourth-order valence-corrected chi connectivity index (χ4v) is 3.34. The van der Waals surface area contributed by atoms with Crippen molar-refractivity contribution in [3.8, 4) is 0 Å². The van der Waals surface area contributed by atoms with Crippen molar-refractivity contribution >= 4 is 5.91 Å². The molecule has 4 heteroatoms. The first kappa shape index (κ1) is 16.9. The van der Waals surface area contributed by atoms with Crippen LogP contribution in [0.5, 0.6) is 0 Å². The van der Waals surface area contributed by atoms with E-state index >= 15 is 0 Å². The lowest BCUT2D eigenvalue weighted by Gasteiger charge is -2.32. The summed E-state index contributed by atoms with van der Waals surface area (Å²) in [6, 6.07) is 6.47. The van der Waals surface area contributed by atoms with E-state index in [0.717, 1.165) is 44.1 Å². The van der Waals surface area contributed by atoms with Crippen LogP contribution in [0, 0.1) is 5.82 Å². The smallest absolute Gasteiger partial charge is 0.230 e. The molecule has 3 N–H and O–H groups in total. The predicted molar refractivity (Wildman–Crippen MR) is 87.1 cm³/mol. The zero-order valence-corrected chi connectivity index (χ0v) is 13.6. The standard InChI is InChI=1S/C18H27FN2O/c1-3-17(20,4-2)13-21-16(22)18(10-5-6-11-18)14-8-7-9-15(19)12-14/h7-9,12H,3-6,10-11,13,20H2,1-2H3,(H,21,22). The van der Waals surface area contributed by atoms with Crippen LogP contribution in [-0.2, 0) is 10.2 Å². The van der Waals surface area contributed by atoms with Gasteiger partial charge in [-0.25, -0.2) is 4.39 Å². The van der Waals surface area contributed by atoms with Crippen LogP contribution < -0.4 is 11.1 Å². The van der Waals surface area contributed by atoms with Crippen LogP contribution in [0.25, 0.3) is 0 Å². The Morgan fingerprint density at radius 1 is 1.32 bits per heavy atom. The van der Waals surface area contributed by atoms with Gasteiger partial charge in [0.05, 0.1) is 5.41 Å². The van der Waals surface area contributed by atoms with E-state index in [9.17, 15) is 9.18 Å². The van der Waals surface area contributed by atoms with Crippen LogP contribution in [0.15, 0.2) is 24.3 Å². The molecule has 1 aromatic carbocycles. The summed E-state index contributed by atoms with van der Waals surface area (Å²) in [5.74, 6) is -0.292. The van der Waals surface area contributed by atoms with Crippen molar-refractivity contribution in [2.45, 2.75) is 63.3 Å². The Balaban J connectivity index is 2.19. The summed E-state index contributed by atoms with van der Waals surface area (Å²) in [5.41, 5.74) is 6.11. The lowest BCUT2D eigenvalue weighted by atomic mass is 9.77. The van der Waals surface area contributed by atoms with Gasteiger partial charge in [0.1, 0.15) is 5.82 Å². The number of rotatable bonds is 6. The van der Waals surface area contributed by atoms with Gasteiger partial charge in [0.15, 0.2) is 0 Å². The second-order valence-corrected chi connectivity index (χ2v) is 6.55. The first-order chi connectivity index (χ1) is 10.5. The molecule has 122 valence electrons. The van der Waals surface area contributed by atoms with Gasteiger partial charge < -0.3 is 11.1 Å². The van der Waals surface area contributed by atoms with Crippen LogP contribution in [-0.4, -0.2) is 18.0 Å². The molecule has 1 amide bonds. The summed E-state index contributed by atoms with van der Waals surface area (Å²) >= 11 is 0. The second-order valence-electron chi connectivity index (χ2n) is 6.55. The van der Waals surface area contributed by atoms with E-state index in [1.807, 2.05) is 19.9 Å². The van der Waals surface area contributed by atoms with Crippen molar-refractivity contribution in [2.75, 3.05) is 6.54 Å². The molecular formula is C18H27FN2O. The molecule has 0 aliphatic heterocycles. The molecule has 0 spiro atoms. The summed E-state index contributed by atoms with van der Waals surface area (Å²) in [7, 11) is 0. The zero-order chi connectivity index (χ0) is 16.2. The summed E-state index contributed by atoms with van der Waals surface area (Å²) in [6.07, 6.45) is 5.18. The first-order valence-electron chi connectivity index (χ1n) is 8.29. The van der Waals surface area contributed by atoms with Crippen LogP contribution in [0.3, 0.4) is 0 Å². The SMILES string of the molecule is CCC(N)(CC)CNC(=O)C1(c2cccc(F)c2)CCCC1. The van der Waals surface area contributed by atoms with Crippen molar-refractivity contribution in [3.05, 3.63) is 35.6 Å². The average molecular weight is 306 g/mol. The van der Waals surface area contributed by atoms with Gasteiger partial charge in [0.2, 0.25) is 5.91 Å². The van der Waals surface area contributed by atoms with Gasteiger partial charge in [-0.1, -0.05) is 38.8 Å². The maximum Gasteiger partial charge on any atom is 0.230 e. The Morgan fingerprint density at radius 3 is 2.50 bits per heavy atom. The number of nitrogens with one attached hydrogen (secondary N) is 1. The highest BCUT2D eigenvalue weighted by Gasteiger charge is 2.43. The highest BCUT2D eigenvalue weighted by Crippen LogP contribution is 2.41. The molecule has 0 aromatic heterocycles. The van der Waals surface area contributed by atoms with E-state index < -0.39 is 5.41 Å². The maximum absolute atomic E-state index is 13.6. The molecule has 2 rings (SSSR count). The Bertz CT molecular complexity index is 520. The van der Waals surface area contributed by atoms with Crippen LogP contribution in [0.1, 0.15) is 57.9 Å². The third kappa shape index (κ3) is 3.32. The van der Waals surface area contributed by atoms with Crippen molar-refractivity contribution in [2.24, 2.45) is 5.73 Å². The molecule has 0 atom stereocenters. The van der Waals surface area contributed by atoms with E-state index in [2.05, 4.69) is 5.32 Å².